The van der Waals surface area contributed by atoms with Gasteiger partial charge in [-0.25, -0.2) is 0 Å². The molecule has 15 heavy (non-hydrogen) atoms. The third-order valence-corrected chi connectivity index (χ3v) is 2.84. The average Bonchev–Trinajstić information content (AvgIpc) is 2.13. The van der Waals surface area contributed by atoms with E-state index in [4.69, 9.17) is 9.47 Å². The van der Waals surface area contributed by atoms with Gasteiger partial charge in [-0.05, 0) is 39.3 Å². The number of phenols is 1. The molecule has 2 atom stereocenters. The van der Waals surface area contributed by atoms with Crippen molar-refractivity contribution in [2.75, 3.05) is 0 Å². The molecule has 3 heteroatoms. The molecule has 0 saturated heterocycles. The maximum absolute atomic E-state index is 9.83. The van der Waals surface area contributed by atoms with Gasteiger partial charge in [0.25, 0.3) is 0 Å². The van der Waals surface area contributed by atoms with Crippen molar-refractivity contribution in [2.45, 2.75) is 40.1 Å². The zero-order chi connectivity index (χ0) is 11.2. The summed E-state index contributed by atoms with van der Waals surface area (Å²) in [6.45, 7) is 7.60. The van der Waals surface area contributed by atoms with Gasteiger partial charge in [0, 0.05) is 11.1 Å². The molecule has 82 valence electrons. The quantitative estimate of drug-likeness (QED) is 0.712. The first-order chi connectivity index (χ1) is 7.00. The maximum atomic E-state index is 9.83. The van der Waals surface area contributed by atoms with Crippen LogP contribution in [-0.2, 0) is 4.74 Å². The van der Waals surface area contributed by atoms with Crippen molar-refractivity contribution in [1.29, 1.82) is 0 Å². The summed E-state index contributed by atoms with van der Waals surface area (Å²) in [7, 11) is 0. The number of rotatable bonds is 0. The Labute approximate surface area is 89.6 Å². The van der Waals surface area contributed by atoms with Gasteiger partial charge in [-0.3, -0.25) is 0 Å². The van der Waals surface area contributed by atoms with Gasteiger partial charge in [0.1, 0.15) is 11.5 Å². The zero-order valence-corrected chi connectivity index (χ0v) is 9.50. The zero-order valence-electron chi connectivity index (χ0n) is 9.50. The van der Waals surface area contributed by atoms with E-state index in [1.165, 1.54) is 0 Å². The van der Waals surface area contributed by atoms with Crippen LogP contribution in [0.15, 0.2) is 6.07 Å². The van der Waals surface area contributed by atoms with E-state index in [2.05, 4.69) is 0 Å². The summed E-state index contributed by atoms with van der Waals surface area (Å²) >= 11 is 0. The largest absolute Gasteiger partial charge is 0.507 e. The average molecular weight is 208 g/mol. The van der Waals surface area contributed by atoms with Crippen molar-refractivity contribution in [3.63, 3.8) is 0 Å². The molecule has 0 spiro atoms. The Morgan fingerprint density at radius 2 is 1.93 bits per heavy atom. The molecule has 2 rings (SSSR count). The molecule has 0 radical (unpaired) electrons. The highest BCUT2D eigenvalue weighted by molar-refractivity contribution is 5.53. The number of aromatic hydroxyl groups is 1. The standard InChI is InChI=1S/C12H16O3/c1-6-5-10-11(7(2)12(6)13)8(3)14-9(4)15-10/h5,8-9,13H,1-4H3/t8-,9+/m0/s1. The molecule has 0 amide bonds. The fraction of sp³-hybridized carbons (Fsp3) is 0.500. The van der Waals surface area contributed by atoms with Crippen LogP contribution in [0.1, 0.15) is 36.6 Å². The first-order valence-corrected chi connectivity index (χ1v) is 5.16. The van der Waals surface area contributed by atoms with Gasteiger partial charge in [0.05, 0.1) is 6.10 Å². The number of aryl methyl sites for hydroxylation is 1. The monoisotopic (exact) mass is 208 g/mol. The van der Waals surface area contributed by atoms with Gasteiger partial charge in [0.2, 0.25) is 0 Å². The smallest absolute Gasteiger partial charge is 0.197 e. The number of benzene rings is 1. The topological polar surface area (TPSA) is 38.7 Å². The minimum Gasteiger partial charge on any atom is -0.507 e. The summed E-state index contributed by atoms with van der Waals surface area (Å²) in [6, 6.07) is 1.87. The number of phenolic OH excluding ortho intramolecular Hbond substituents is 1. The maximum Gasteiger partial charge on any atom is 0.197 e. The Hall–Kier alpha value is -1.22. The third-order valence-electron chi connectivity index (χ3n) is 2.84. The molecule has 1 heterocycles. The number of fused-ring (bicyclic) bond motifs is 1. The van der Waals surface area contributed by atoms with Crippen molar-refractivity contribution < 1.29 is 14.6 Å². The Balaban J connectivity index is 2.60. The van der Waals surface area contributed by atoms with Gasteiger partial charge in [-0.2, -0.15) is 0 Å². The molecule has 0 aromatic heterocycles. The van der Waals surface area contributed by atoms with Crippen LogP contribution in [-0.4, -0.2) is 11.4 Å². The van der Waals surface area contributed by atoms with E-state index < -0.39 is 0 Å². The Morgan fingerprint density at radius 1 is 1.27 bits per heavy atom. The van der Waals surface area contributed by atoms with Crippen LogP contribution in [0.25, 0.3) is 0 Å². The minimum absolute atomic E-state index is 0.0322. The van der Waals surface area contributed by atoms with Crippen molar-refractivity contribution in [2.24, 2.45) is 0 Å². The van der Waals surface area contributed by atoms with E-state index in [1.54, 1.807) is 0 Å². The van der Waals surface area contributed by atoms with E-state index >= 15 is 0 Å². The number of ether oxygens (including phenoxy) is 2. The number of hydrogen-bond acceptors (Lipinski definition) is 3. The highest BCUT2D eigenvalue weighted by atomic mass is 16.7. The van der Waals surface area contributed by atoms with Crippen molar-refractivity contribution in [3.8, 4) is 11.5 Å². The molecule has 1 aliphatic rings. The first kappa shape index (κ1) is 10.3. The predicted molar refractivity (Wildman–Crippen MR) is 57.2 cm³/mol. The second-order valence-electron chi connectivity index (χ2n) is 4.04. The SMILES string of the molecule is Cc1cc2c(c(C)c1O)[C@H](C)O[C@@H](C)O2. The Kier molecular flexibility index (Phi) is 2.35. The first-order valence-electron chi connectivity index (χ1n) is 5.16. The lowest BCUT2D eigenvalue weighted by atomic mass is 9.98. The number of hydrogen-bond donors (Lipinski definition) is 1. The lowest BCUT2D eigenvalue weighted by molar-refractivity contribution is -0.123. The van der Waals surface area contributed by atoms with Gasteiger partial charge < -0.3 is 14.6 Å². The van der Waals surface area contributed by atoms with Crippen molar-refractivity contribution in [1.82, 2.24) is 0 Å². The van der Waals surface area contributed by atoms with Gasteiger partial charge >= 0.3 is 0 Å². The molecule has 0 aliphatic carbocycles. The Bertz CT molecular complexity index is 398. The van der Waals surface area contributed by atoms with Crippen LogP contribution < -0.4 is 4.74 Å². The van der Waals surface area contributed by atoms with Crippen LogP contribution in [0.4, 0.5) is 0 Å². The lowest BCUT2D eigenvalue weighted by Crippen LogP contribution is -2.25. The predicted octanol–water partition coefficient (Wildman–Crippen LogP) is 2.83. The van der Waals surface area contributed by atoms with Crippen LogP contribution in [0.5, 0.6) is 11.5 Å². The summed E-state index contributed by atoms with van der Waals surface area (Å²) < 4.78 is 11.1. The van der Waals surface area contributed by atoms with E-state index in [-0.39, 0.29) is 12.4 Å². The van der Waals surface area contributed by atoms with Gasteiger partial charge in [0.15, 0.2) is 6.29 Å². The minimum atomic E-state index is -0.226. The molecular weight excluding hydrogens is 192 g/mol. The molecule has 0 fully saturated rings. The molecule has 0 unspecified atom stereocenters. The second kappa shape index (κ2) is 3.42. The van der Waals surface area contributed by atoms with E-state index in [0.29, 0.717) is 5.75 Å². The molecule has 1 aliphatic heterocycles. The molecule has 3 nitrogen and oxygen atoms in total. The fourth-order valence-electron chi connectivity index (χ4n) is 2.12. The van der Waals surface area contributed by atoms with Gasteiger partial charge in [-0.1, -0.05) is 0 Å². The van der Waals surface area contributed by atoms with Crippen LogP contribution in [0.3, 0.4) is 0 Å². The molecule has 1 aromatic carbocycles. The fourth-order valence-corrected chi connectivity index (χ4v) is 2.12. The highest BCUT2D eigenvalue weighted by Crippen LogP contribution is 2.41. The van der Waals surface area contributed by atoms with E-state index in [0.717, 1.165) is 22.4 Å². The Morgan fingerprint density at radius 3 is 2.60 bits per heavy atom. The summed E-state index contributed by atoms with van der Waals surface area (Å²) in [6.07, 6.45) is -0.258. The highest BCUT2D eigenvalue weighted by Gasteiger charge is 2.26. The molecule has 0 saturated carbocycles. The van der Waals surface area contributed by atoms with Crippen molar-refractivity contribution >= 4 is 0 Å². The lowest BCUT2D eigenvalue weighted by Gasteiger charge is -2.30. The van der Waals surface area contributed by atoms with Gasteiger partial charge in [-0.15, -0.1) is 0 Å². The van der Waals surface area contributed by atoms with Crippen molar-refractivity contribution in [3.05, 3.63) is 22.8 Å². The summed E-state index contributed by atoms with van der Waals surface area (Å²) in [4.78, 5) is 0. The van der Waals surface area contributed by atoms with Crippen LogP contribution in [0.2, 0.25) is 0 Å². The normalized spacial score (nSPS) is 24.5. The van der Waals surface area contributed by atoms with E-state index in [1.807, 2.05) is 33.8 Å². The summed E-state index contributed by atoms with van der Waals surface area (Å²) in [5.74, 6) is 1.16. The third kappa shape index (κ3) is 1.57. The second-order valence-corrected chi connectivity index (χ2v) is 4.04. The van der Waals surface area contributed by atoms with E-state index in [9.17, 15) is 5.11 Å². The molecule has 1 aromatic rings. The summed E-state index contributed by atoms with van der Waals surface area (Å²) in [5.41, 5.74) is 2.65. The molecular formula is C12H16O3. The summed E-state index contributed by atoms with van der Waals surface area (Å²) in [5, 5.41) is 9.83. The van der Waals surface area contributed by atoms with Crippen LogP contribution in [0, 0.1) is 13.8 Å². The molecule has 0 bridgehead atoms. The molecule has 1 N–H and O–H groups in total. The van der Waals surface area contributed by atoms with Crippen LogP contribution >= 0.6 is 0 Å².